The number of aryl methyl sites for hydroxylation is 1. The van der Waals surface area contributed by atoms with E-state index in [1.807, 2.05) is 37.3 Å². The van der Waals surface area contributed by atoms with Crippen LogP contribution in [0.5, 0.6) is 0 Å². The summed E-state index contributed by atoms with van der Waals surface area (Å²) in [6, 6.07) is 9.58. The van der Waals surface area contributed by atoms with Gasteiger partial charge in [-0.15, -0.1) is 0 Å². The minimum absolute atomic E-state index is 0.0296. The molecule has 0 aliphatic carbocycles. The average molecular weight is 302 g/mol. The van der Waals surface area contributed by atoms with Gasteiger partial charge in [-0.3, -0.25) is 19.6 Å². The van der Waals surface area contributed by atoms with Crippen LogP contribution >= 0.6 is 0 Å². The van der Waals surface area contributed by atoms with Gasteiger partial charge in [0.25, 0.3) is 0 Å². The second kappa shape index (κ2) is 6.84. The first-order valence-corrected chi connectivity index (χ1v) is 7.00. The van der Waals surface area contributed by atoms with E-state index in [0.29, 0.717) is 12.2 Å². The Morgan fingerprint density at radius 2 is 2.09 bits per heavy atom. The van der Waals surface area contributed by atoms with E-state index >= 15 is 0 Å². The Balaban J connectivity index is 1.89. The van der Waals surface area contributed by atoms with E-state index in [4.69, 9.17) is 0 Å². The van der Waals surface area contributed by atoms with Gasteiger partial charge < -0.3 is 5.32 Å². The Labute approximate surface area is 128 Å². The Hall–Kier alpha value is -2.70. The Morgan fingerprint density at radius 1 is 1.41 bits per heavy atom. The minimum Gasteiger partial charge on any atom is -0.350 e. The smallest absolute Gasteiger partial charge is 0.309 e. The van der Waals surface area contributed by atoms with Crippen LogP contribution < -0.4 is 5.32 Å². The van der Waals surface area contributed by atoms with Crippen LogP contribution in [0.15, 0.2) is 36.5 Å². The van der Waals surface area contributed by atoms with Crippen molar-refractivity contribution in [1.82, 2.24) is 15.1 Å². The zero-order chi connectivity index (χ0) is 16.1. The Kier molecular flexibility index (Phi) is 4.88. The van der Waals surface area contributed by atoms with Crippen LogP contribution in [0.4, 0.5) is 5.69 Å². The van der Waals surface area contributed by atoms with Gasteiger partial charge in [0, 0.05) is 6.42 Å². The maximum absolute atomic E-state index is 12.0. The predicted molar refractivity (Wildman–Crippen MR) is 81.2 cm³/mol. The van der Waals surface area contributed by atoms with E-state index in [-0.39, 0.29) is 24.1 Å². The predicted octanol–water partition coefficient (Wildman–Crippen LogP) is 2.37. The molecule has 7 nitrogen and oxygen atoms in total. The SMILES string of the molecule is Cc1c([N+](=O)[O-])cnn1CCC(=O)NC(C)c1ccccc1. The van der Waals surface area contributed by atoms with Gasteiger partial charge in [0.05, 0.1) is 17.5 Å². The quantitative estimate of drug-likeness (QED) is 0.655. The number of rotatable bonds is 6. The highest BCUT2D eigenvalue weighted by atomic mass is 16.6. The molecule has 2 aromatic rings. The first kappa shape index (κ1) is 15.7. The summed E-state index contributed by atoms with van der Waals surface area (Å²) in [7, 11) is 0. The first-order chi connectivity index (χ1) is 10.5. The number of nitro groups is 1. The molecule has 22 heavy (non-hydrogen) atoms. The lowest BCUT2D eigenvalue weighted by molar-refractivity contribution is -0.385. The lowest BCUT2D eigenvalue weighted by Crippen LogP contribution is -2.27. The molecule has 0 aliphatic heterocycles. The van der Waals surface area contributed by atoms with Gasteiger partial charge in [-0.2, -0.15) is 5.10 Å². The highest BCUT2D eigenvalue weighted by Gasteiger charge is 2.17. The van der Waals surface area contributed by atoms with Crippen LogP contribution in [0.25, 0.3) is 0 Å². The van der Waals surface area contributed by atoms with Gasteiger partial charge in [0.2, 0.25) is 5.91 Å². The molecule has 1 N–H and O–H groups in total. The van der Waals surface area contributed by atoms with Crippen molar-refractivity contribution in [3.8, 4) is 0 Å². The molecule has 1 aromatic heterocycles. The molecular formula is C15H18N4O3. The van der Waals surface area contributed by atoms with Crippen LogP contribution in [-0.2, 0) is 11.3 Å². The van der Waals surface area contributed by atoms with Crippen molar-refractivity contribution in [1.29, 1.82) is 0 Å². The molecular weight excluding hydrogens is 284 g/mol. The maximum Gasteiger partial charge on any atom is 0.309 e. The Morgan fingerprint density at radius 3 is 2.68 bits per heavy atom. The zero-order valence-corrected chi connectivity index (χ0v) is 12.5. The third kappa shape index (κ3) is 3.69. The number of hydrogen-bond donors (Lipinski definition) is 1. The Bertz CT molecular complexity index is 667. The molecule has 2 rings (SSSR count). The molecule has 1 amide bonds. The van der Waals surface area contributed by atoms with Crippen molar-refractivity contribution in [2.24, 2.45) is 0 Å². The van der Waals surface area contributed by atoms with Gasteiger partial charge in [-0.05, 0) is 19.4 Å². The summed E-state index contributed by atoms with van der Waals surface area (Å²) in [4.78, 5) is 22.2. The van der Waals surface area contributed by atoms with Crippen LogP contribution in [0.3, 0.4) is 0 Å². The number of nitrogens with one attached hydrogen (secondary N) is 1. The number of carbonyl (C=O) groups excluding carboxylic acids is 1. The molecule has 0 fully saturated rings. The highest BCUT2D eigenvalue weighted by Crippen LogP contribution is 2.16. The second-order valence-corrected chi connectivity index (χ2v) is 5.05. The van der Waals surface area contributed by atoms with Crippen LogP contribution in [0.2, 0.25) is 0 Å². The van der Waals surface area contributed by atoms with E-state index in [0.717, 1.165) is 5.56 Å². The molecule has 1 heterocycles. The molecule has 0 saturated heterocycles. The van der Waals surface area contributed by atoms with E-state index in [1.54, 1.807) is 6.92 Å². The van der Waals surface area contributed by atoms with Gasteiger partial charge in [0.1, 0.15) is 11.9 Å². The molecule has 1 aromatic carbocycles. The molecule has 0 aliphatic rings. The van der Waals surface area contributed by atoms with Crippen molar-refractivity contribution in [2.45, 2.75) is 32.9 Å². The second-order valence-electron chi connectivity index (χ2n) is 5.05. The average Bonchev–Trinajstić information content (AvgIpc) is 2.87. The molecule has 0 radical (unpaired) electrons. The lowest BCUT2D eigenvalue weighted by Gasteiger charge is -2.14. The van der Waals surface area contributed by atoms with Crippen molar-refractivity contribution in [2.75, 3.05) is 0 Å². The number of hydrogen-bond acceptors (Lipinski definition) is 4. The number of nitrogens with zero attached hydrogens (tertiary/aromatic N) is 3. The summed E-state index contributed by atoms with van der Waals surface area (Å²) in [6.07, 6.45) is 1.43. The minimum atomic E-state index is -0.476. The first-order valence-electron chi connectivity index (χ1n) is 7.00. The summed E-state index contributed by atoms with van der Waals surface area (Å²) < 4.78 is 1.48. The molecule has 0 spiro atoms. The van der Waals surface area contributed by atoms with Gasteiger partial charge >= 0.3 is 5.69 Å². The topological polar surface area (TPSA) is 90.1 Å². The van der Waals surface area contributed by atoms with Crippen LogP contribution in [0.1, 0.15) is 30.6 Å². The van der Waals surface area contributed by atoms with Crippen molar-refractivity contribution in [3.63, 3.8) is 0 Å². The van der Waals surface area contributed by atoms with Crippen molar-refractivity contribution >= 4 is 11.6 Å². The summed E-state index contributed by atoms with van der Waals surface area (Å²) >= 11 is 0. The summed E-state index contributed by atoms with van der Waals surface area (Å²) in [5, 5.41) is 17.6. The summed E-state index contributed by atoms with van der Waals surface area (Å²) in [6.45, 7) is 3.85. The normalized spacial score (nSPS) is 11.9. The van der Waals surface area contributed by atoms with E-state index in [9.17, 15) is 14.9 Å². The zero-order valence-electron chi connectivity index (χ0n) is 12.5. The standard InChI is InChI=1S/C15H18N4O3/c1-11(13-6-4-3-5-7-13)17-15(20)8-9-18-12(2)14(10-16-18)19(21)22/h3-7,10-11H,8-9H2,1-2H3,(H,17,20). The molecule has 7 heteroatoms. The van der Waals surface area contributed by atoms with Gasteiger partial charge in [-0.25, -0.2) is 0 Å². The summed E-state index contributed by atoms with van der Waals surface area (Å²) in [5.74, 6) is -0.117. The molecule has 0 saturated carbocycles. The van der Waals surface area contributed by atoms with Crippen molar-refractivity contribution < 1.29 is 9.72 Å². The fraction of sp³-hybridized carbons (Fsp3) is 0.333. The monoisotopic (exact) mass is 302 g/mol. The third-order valence-corrected chi connectivity index (χ3v) is 3.50. The van der Waals surface area contributed by atoms with E-state index in [2.05, 4.69) is 10.4 Å². The fourth-order valence-electron chi connectivity index (χ4n) is 2.19. The molecule has 1 unspecified atom stereocenters. The maximum atomic E-state index is 12.0. The highest BCUT2D eigenvalue weighted by molar-refractivity contribution is 5.76. The fourth-order valence-corrected chi connectivity index (χ4v) is 2.19. The van der Waals surface area contributed by atoms with E-state index in [1.165, 1.54) is 10.9 Å². The number of benzene rings is 1. The van der Waals surface area contributed by atoms with Crippen LogP contribution in [-0.4, -0.2) is 20.6 Å². The largest absolute Gasteiger partial charge is 0.350 e. The third-order valence-electron chi connectivity index (χ3n) is 3.50. The van der Waals surface area contributed by atoms with Gasteiger partial charge in [0.15, 0.2) is 0 Å². The number of carbonyl (C=O) groups is 1. The lowest BCUT2D eigenvalue weighted by atomic mass is 10.1. The van der Waals surface area contributed by atoms with Gasteiger partial charge in [-0.1, -0.05) is 30.3 Å². The van der Waals surface area contributed by atoms with E-state index < -0.39 is 4.92 Å². The molecule has 116 valence electrons. The number of aromatic nitrogens is 2. The molecule has 1 atom stereocenters. The van der Waals surface area contributed by atoms with Crippen LogP contribution in [0, 0.1) is 17.0 Å². The summed E-state index contributed by atoms with van der Waals surface area (Å²) in [5.41, 5.74) is 1.45. The van der Waals surface area contributed by atoms with Crippen molar-refractivity contribution in [3.05, 3.63) is 57.9 Å². The number of amides is 1. The molecule has 0 bridgehead atoms.